The maximum Gasteiger partial charge on any atom is 0.339 e. The van der Waals surface area contributed by atoms with Gasteiger partial charge < -0.3 is 45.8 Å². The lowest BCUT2D eigenvalue weighted by atomic mass is 10.0. The fraction of sp³-hybridized carbons (Fsp3) is 0.188. The molecule has 0 aliphatic heterocycles. The topological polar surface area (TPSA) is 319 Å². The van der Waals surface area contributed by atoms with Gasteiger partial charge in [-0.15, -0.1) is 0 Å². The van der Waals surface area contributed by atoms with E-state index in [-0.39, 0.29) is 101 Å². The third kappa shape index (κ3) is 8.54. The molecule has 6 heterocycles. The van der Waals surface area contributed by atoms with Gasteiger partial charge in [-0.05, 0) is 89.0 Å². The summed E-state index contributed by atoms with van der Waals surface area (Å²) >= 11 is 0. The Kier molecular flexibility index (Phi) is 12.0. The minimum Gasteiger partial charge on any atom is -0.478 e. The normalized spacial score (nSPS) is 11.4. The first-order chi connectivity index (χ1) is 31.1. The predicted octanol–water partition coefficient (Wildman–Crippen LogP) is 8.24. The summed E-state index contributed by atoms with van der Waals surface area (Å²) in [5.74, 6) is -3.45. The second kappa shape index (κ2) is 17.5. The van der Waals surface area contributed by atoms with E-state index < -0.39 is 17.9 Å². The molecule has 9 rings (SSSR count). The van der Waals surface area contributed by atoms with Crippen molar-refractivity contribution in [2.24, 2.45) is 0 Å². The molecule has 66 heavy (non-hydrogen) atoms. The van der Waals surface area contributed by atoms with Gasteiger partial charge >= 0.3 is 17.9 Å². The van der Waals surface area contributed by atoms with Gasteiger partial charge in [0.2, 0.25) is 33.4 Å². The van der Waals surface area contributed by atoms with Crippen LogP contribution in [0.4, 0.5) is 17.5 Å². The van der Waals surface area contributed by atoms with Crippen LogP contribution in [0.1, 0.15) is 107 Å². The average molecular weight is 895 g/mol. The van der Waals surface area contributed by atoms with E-state index in [1.807, 2.05) is 59.7 Å². The lowest BCUT2D eigenvalue weighted by Gasteiger charge is -2.07. The van der Waals surface area contributed by atoms with Crippen LogP contribution in [0.15, 0.2) is 100 Å². The zero-order valence-corrected chi connectivity index (χ0v) is 36.2. The fourth-order valence-corrected chi connectivity index (χ4v) is 7.03. The van der Waals surface area contributed by atoms with Crippen molar-refractivity contribution in [1.82, 2.24) is 15.0 Å². The highest BCUT2D eigenvalue weighted by molar-refractivity contribution is 6.00. The lowest BCUT2D eigenvalue weighted by molar-refractivity contribution is 0.0687. The summed E-state index contributed by atoms with van der Waals surface area (Å²) in [5, 5.41) is 28.8. The van der Waals surface area contributed by atoms with Crippen molar-refractivity contribution < 1.29 is 43.0 Å². The van der Waals surface area contributed by atoms with Crippen molar-refractivity contribution in [3.05, 3.63) is 137 Å². The number of carboxylic acid groups (broad SMARTS) is 3. The molecule has 0 bridgehead atoms. The van der Waals surface area contributed by atoms with Gasteiger partial charge in [0.1, 0.15) is 50.9 Å². The lowest BCUT2D eigenvalue weighted by Crippen LogP contribution is -2.09. The first kappa shape index (κ1) is 45.4. The second-order valence-corrected chi connectivity index (χ2v) is 16.3. The summed E-state index contributed by atoms with van der Waals surface area (Å²) in [6.45, 7) is 12.1. The Balaban J connectivity index is 0.000000147. The van der Waals surface area contributed by atoms with E-state index in [9.17, 15) is 28.8 Å². The van der Waals surface area contributed by atoms with Crippen LogP contribution in [-0.2, 0) is 0 Å². The molecule has 336 valence electrons. The van der Waals surface area contributed by atoms with Gasteiger partial charge in [0.15, 0.2) is 0 Å². The molecule has 0 radical (unpaired) electrons. The molecule has 0 spiro atoms. The minimum absolute atomic E-state index is 0.0392. The average Bonchev–Trinajstić information content (AvgIpc) is 3.25. The molecule has 0 saturated heterocycles. The van der Waals surface area contributed by atoms with Crippen LogP contribution in [0.3, 0.4) is 0 Å². The Morgan fingerprint density at radius 1 is 0.424 bits per heavy atom. The number of anilines is 3. The van der Waals surface area contributed by atoms with Crippen molar-refractivity contribution in [2.45, 2.75) is 59.3 Å². The predicted molar refractivity (Wildman–Crippen MR) is 250 cm³/mol. The monoisotopic (exact) mass is 894 g/mol. The Labute approximate surface area is 371 Å². The maximum atomic E-state index is 12.6. The largest absolute Gasteiger partial charge is 0.478 e. The Hall–Kier alpha value is -8.67. The number of pyridine rings is 3. The summed E-state index contributed by atoms with van der Waals surface area (Å²) in [6.07, 6.45) is 0. The second-order valence-electron chi connectivity index (χ2n) is 16.3. The zero-order chi connectivity index (χ0) is 48.0. The van der Waals surface area contributed by atoms with E-state index >= 15 is 0 Å². The summed E-state index contributed by atoms with van der Waals surface area (Å²) in [6, 6.07) is 19.8. The standard InChI is InChI=1S/3C16H14N2O4/c3*1-7(2)8-3-4-12-9(5-8)13(19)10-6-11(16(20)21)14(17)18-15(10)22-12/h3*3-7H,1-2H3,(H2,17,18)(H,20,21). The minimum atomic E-state index is -1.23. The van der Waals surface area contributed by atoms with E-state index in [4.69, 9.17) is 45.8 Å². The van der Waals surface area contributed by atoms with Crippen molar-refractivity contribution in [2.75, 3.05) is 17.2 Å². The van der Waals surface area contributed by atoms with Gasteiger partial charge in [-0.2, -0.15) is 15.0 Å². The third-order valence-electron chi connectivity index (χ3n) is 10.8. The van der Waals surface area contributed by atoms with Crippen LogP contribution in [0.5, 0.6) is 0 Å². The summed E-state index contributed by atoms with van der Waals surface area (Å²) < 4.78 is 16.8. The smallest absolute Gasteiger partial charge is 0.339 e. The van der Waals surface area contributed by atoms with Gasteiger partial charge in [-0.1, -0.05) is 59.7 Å². The van der Waals surface area contributed by atoms with E-state index in [1.165, 1.54) is 18.2 Å². The van der Waals surface area contributed by atoms with E-state index in [0.717, 1.165) is 16.7 Å². The molecule has 18 nitrogen and oxygen atoms in total. The molecule has 9 N–H and O–H groups in total. The van der Waals surface area contributed by atoms with Gasteiger partial charge in [-0.3, -0.25) is 14.4 Å². The number of fused-ring (bicyclic) bond motifs is 6. The zero-order valence-electron chi connectivity index (χ0n) is 36.2. The number of hydrogen-bond donors (Lipinski definition) is 6. The number of nitrogens with two attached hydrogens (primary N) is 3. The first-order valence-corrected chi connectivity index (χ1v) is 20.4. The molecule has 0 amide bonds. The Morgan fingerprint density at radius 2 is 0.667 bits per heavy atom. The molecule has 0 atom stereocenters. The van der Waals surface area contributed by atoms with E-state index in [2.05, 4.69) is 15.0 Å². The molecule has 3 aromatic carbocycles. The molecular formula is C48H42N6O12. The number of rotatable bonds is 6. The number of hydrogen-bond acceptors (Lipinski definition) is 15. The number of aromatic nitrogens is 3. The molecule has 0 unspecified atom stereocenters. The SMILES string of the molecule is CC(C)c1ccc2oc3nc(N)c(C(=O)O)cc3c(=O)c2c1.CC(C)c1ccc2oc3nc(N)c(C(=O)O)cc3c(=O)c2c1.CC(C)c1ccc2oc3nc(N)c(C(=O)O)cc3c(=O)c2c1. The molecule has 9 aromatic rings. The quantitative estimate of drug-likeness (QED) is 0.0856. The number of carbonyl (C=O) groups is 3. The molecular weight excluding hydrogens is 853 g/mol. The summed E-state index contributed by atoms with van der Waals surface area (Å²) in [5.41, 5.74) is 19.5. The van der Waals surface area contributed by atoms with Crippen molar-refractivity contribution in [3.8, 4) is 0 Å². The van der Waals surface area contributed by atoms with E-state index in [1.54, 1.807) is 36.4 Å². The van der Waals surface area contributed by atoms with Gasteiger partial charge in [-0.25, -0.2) is 14.4 Å². The van der Waals surface area contributed by atoms with Gasteiger partial charge in [0, 0.05) is 0 Å². The van der Waals surface area contributed by atoms with Crippen LogP contribution in [0.25, 0.3) is 66.2 Å². The van der Waals surface area contributed by atoms with E-state index in [0.29, 0.717) is 32.9 Å². The highest BCUT2D eigenvalue weighted by atomic mass is 16.4. The number of aromatic carboxylic acids is 3. The Bertz CT molecular complexity index is 3300. The number of nitrogens with zero attached hydrogens (tertiary/aromatic N) is 3. The third-order valence-corrected chi connectivity index (χ3v) is 10.8. The van der Waals surface area contributed by atoms with Crippen molar-refractivity contribution >= 4 is 102 Å². The van der Waals surface area contributed by atoms with Gasteiger partial charge in [0.05, 0.1) is 32.3 Å². The molecule has 0 saturated carbocycles. The van der Waals surface area contributed by atoms with Crippen molar-refractivity contribution in [3.63, 3.8) is 0 Å². The van der Waals surface area contributed by atoms with Crippen LogP contribution in [0, 0.1) is 0 Å². The van der Waals surface area contributed by atoms with Crippen LogP contribution in [-0.4, -0.2) is 48.2 Å². The number of benzene rings is 3. The maximum absolute atomic E-state index is 12.6. The fourth-order valence-electron chi connectivity index (χ4n) is 7.03. The summed E-state index contributed by atoms with van der Waals surface area (Å²) in [7, 11) is 0. The van der Waals surface area contributed by atoms with Crippen LogP contribution < -0.4 is 33.5 Å². The van der Waals surface area contributed by atoms with Crippen LogP contribution in [0.2, 0.25) is 0 Å². The highest BCUT2D eigenvalue weighted by Gasteiger charge is 2.20. The molecule has 18 heteroatoms. The molecule has 6 aromatic heterocycles. The highest BCUT2D eigenvalue weighted by Crippen LogP contribution is 2.27. The molecule has 0 aliphatic rings. The van der Waals surface area contributed by atoms with Crippen LogP contribution >= 0.6 is 0 Å². The van der Waals surface area contributed by atoms with Gasteiger partial charge in [0.25, 0.3) is 0 Å². The summed E-state index contributed by atoms with van der Waals surface area (Å²) in [4.78, 5) is 82.9. The van der Waals surface area contributed by atoms with Crippen molar-refractivity contribution in [1.29, 1.82) is 0 Å². The Morgan fingerprint density at radius 3 is 0.879 bits per heavy atom. The number of carboxylic acids is 3. The molecule has 0 fully saturated rings. The molecule has 0 aliphatic carbocycles. The number of nitrogen functional groups attached to an aromatic ring is 3. The first-order valence-electron chi connectivity index (χ1n) is 20.4.